The van der Waals surface area contributed by atoms with Crippen LogP contribution in [-0.4, -0.2) is 29.8 Å². The molecule has 0 bridgehead atoms. The van der Waals surface area contributed by atoms with Crippen molar-refractivity contribution in [2.75, 3.05) is 13.4 Å². The summed E-state index contributed by atoms with van der Waals surface area (Å²) in [6.07, 6.45) is 0. The zero-order chi connectivity index (χ0) is 20.5. The van der Waals surface area contributed by atoms with Crippen molar-refractivity contribution in [3.05, 3.63) is 51.8 Å². The predicted molar refractivity (Wildman–Crippen MR) is 108 cm³/mol. The van der Waals surface area contributed by atoms with E-state index in [4.69, 9.17) is 14.2 Å². The van der Waals surface area contributed by atoms with E-state index >= 15 is 0 Å². The van der Waals surface area contributed by atoms with E-state index in [2.05, 4.69) is 4.99 Å². The van der Waals surface area contributed by atoms with Crippen LogP contribution in [0.15, 0.2) is 35.3 Å². The van der Waals surface area contributed by atoms with E-state index < -0.39 is 5.97 Å². The molecule has 0 radical (unpaired) electrons. The van der Waals surface area contributed by atoms with Crippen molar-refractivity contribution in [1.82, 2.24) is 4.57 Å². The van der Waals surface area contributed by atoms with Crippen molar-refractivity contribution in [2.45, 2.75) is 27.3 Å². The van der Waals surface area contributed by atoms with Crippen LogP contribution in [0.3, 0.4) is 0 Å². The Morgan fingerprint density at radius 1 is 1.10 bits per heavy atom. The molecule has 0 atom stereocenters. The number of amides is 1. The average Bonchev–Trinajstić information content (AvgIpc) is 3.23. The van der Waals surface area contributed by atoms with Crippen molar-refractivity contribution in [3.63, 3.8) is 0 Å². The Kier molecular flexibility index (Phi) is 5.10. The highest BCUT2D eigenvalue weighted by Crippen LogP contribution is 2.37. The van der Waals surface area contributed by atoms with Crippen LogP contribution in [0.4, 0.5) is 0 Å². The van der Waals surface area contributed by atoms with Crippen LogP contribution in [0.1, 0.15) is 28.4 Å². The van der Waals surface area contributed by atoms with Gasteiger partial charge < -0.3 is 18.8 Å². The van der Waals surface area contributed by atoms with Gasteiger partial charge in [-0.25, -0.2) is 0 Å². The highest BCUT2D eigenvalue weighted by molar-refractivity contribution is 7.16. The quantitative estimate of drug-likeness (QED) is 0.614. The van der Waals surface area contributed by atoms with Gasteiger partial charge in [-0.2, -0.15) is 4.99 Å². The summed E-state index contributed by atoms with van der Waals surface area (Å²) in [5.74, 6) is 0.473. The van der Waals surface area contributed by atoms with Crippen molar-refractivity contribution in [2.24, 2.45) is 4.99 Å². The molecule has 1 aliphatic rings. The van der Waals surface area contributed by atoms with Gasteiger partial charge >= 0.3 is 5.97 Å². The molecule has 150 valence electrons. The lowest BCUT2D eigenvalue weighted by Crippen LogP contribution is -2.23. The first-order chi connectivity index (χ1) is 13.9. The summed E-state index contributed by atoms with van der Waals surface area (Å²) in [7, 11) is 0. The molecule has 1 aliphatic heterocycles. The fourth-order valence-corrected chi connectivity index (χ4v) is 4.32. The summed E-state index contributed by atoms with van der Waals surface area (Å²) >= 11 is 1.31. The normalized spacial score (nSPS) is 13.1. The fraction of sp³-hybridized carbons (Fsp3) is 0.286. The number of esters is 1. The van der Waals surface area contributed by atoms with Crippen LogP contribution < -0.4 is 14.3 Å². The van der Waals surface area contributed by atoms with E-state index in [-0.39, 0.29) is 25.9 Å². The molecule has 0 N–H and O–H groups in total. The lowest BCUT2D eigenvalue weighted by Gasteiger charge is -2.06. The second kappa shape index (κ2) is 7.71. The Hall–Kier alpha value is -3.13. The fourth-order valence-electron chi connectivity index (χ4n) is 3.28. The number of fused-ring (bicyclic) bond motifs is 2. The Bertz CT molecular complexity index is 1170. The van der Waals surface area contributed by atoms with Crippen LogP contribution in [0.5, 0.6) is 11.5 Å². The maximum absolute atomic E-state index is 12.8. The number of hydrogen-bond acceptors (Lipinski definition) is 6. The summed E-state index contributed by atoms with van der Waals surface area (Å²) in [6, 6.07) is 9.24. The Morgan fingerprint density at radius 2 is 1.79 bits per heavy atom. The first-order valence-electron chi connectivity index (χ1n) is 9.20. The molecule has 1 amide bonds. The standard InChI is InChI=1S/C21H20N2O5S/c1-4-26-19(24)10-23-15-8-16-17(28-11-27-16)9-18(15)29-21(23)22-20(25)14-6-12(2)5-13(3)7-14/h5-9H,4,10-11H2,1-3H3. The molecule has 0 spiro atoms. The number of hydrogen-bond donors (Lipinski definition) is 0. The molecule has 0 aliphatic carbocycles. The minimum Gasteiger partial charge on any atom is -0.465 e. The summed E-state index contributed by atoms with van der Waals surface area (Å²) < 4.78 is 18.5. The molecule has 8 heteroatoms. The third kappa shape index (κ3) is 3.88. The molecule has 2 heterocycles. The summed E-state index contributed by atoms with van der Waals surface area (Å²) in [5.41, 5.74) is 3.23. The third-order valence-corrected chi connectivity index (χ3v) is 5.48. The number of thiazole rings is 1. The molecule has 29 heavy (non-hydrogen) atoms. The predicted octanol–water partition coefficient (Wildman–Crippen LogP) is 3.35. The van der Waals surface area contributed by atoms with Gasteiger partial charge in [-0.1, -0.05) is 28.5 Å². The number of aromatic nitrogens is 1. The van der Waals surface area contributed by atoms with Gasteiger partial charge in [0.1, 0.15) is 6.54 Å². The molecular formula is C21H20N2O5S. The molecule has 0 unspecified atom stereocenters. The Labute approximate surface area is 171 Å². The van der Waals surface area contributed by atoms with Crippen LogP contribution >= 0.6 is 11.3 Å². The number of carbonyl (C=O) groups excluding carboxylic acids is 2. The first kappa shape index (κ1) is 19.2. The second-order valence-electron chi connectivity index (χ2n) is 6.74. The number of carbonyl (C=O) groups is 2. The first-order valence-corrected chi connectivity index (χ1v) is 10.0. The Balaban J connectivity index is 1.84. The molecule has 0 saturated heterocycles. The van der Waals surface area contributed by atoms with Gasteiger partial charge in [0.15, 0.2) is 16.3 Å². The van der Waals surface area contributed by atoms with Crippen molar-refractivity contribution in [1.29, 1.82) is 0 Å². The Morgan fingerprint density at radius 3 is 2.48 bits per heavy atom. The molecule has 0 fully saturated rings. The number of nitrogens with zero attached hydrogens (tertiary/aromatic N) is 2. The molecule has 3 aromatic rings. The minimum atomic E-state index is -0.398. The van der Waals surface area contributed by atoms with E-state index in [1.807, 2.05) is 26.0 Å². The van der Waals surface area contributed by atoms with Gasteiger partial charge in [0.2, 0.25) is 6.79 Å². The van der Waals surface area contributed by atoms with E-state index in [1.165, 1.54) is 11.3 Å². The summed E-state index contributed by atoms with van der Waals surface area (Å²) in [5, 5.41) is 0. The third-order valence-electron chi connectivity index (χ3n) is 4.44. The zero-order valence-electron chi connectivity index (χ0n) is 16.4. The van der Waals surface area contributed by atoms with Gasteiger partial charge in [0.25, 0.3) is 5.91 Å². The average molecular weight is 412 g/mol. The topological polar surface area (TPSA) is 79.1 Å². The molecule has 0 saturated carbocycles. The van der Waals surface area contributed by atoms with Crippen LogP contribution in [0.2, 0.25) is 0 Å². The number of benzene rings is 2. The van der Waals surface area contributed by atoms with Crippen molar-refractivity contribution >= 4 is 33.4 Å². The molecule has 1 aromatic heterocycles. The lowest BCUT2D eigenvalue weighted by atomic mass is 10.1. The molecule has 4 rings (SSSR count). The molecular weight excluding hydrogens is 392 g/mol. The van der Waals surface area contributed by atoms with E-state index in [0.29, 0.717) is 21.9 Å². The maximum Gasteiger partial charge on any atom is 0.326 e. The van der Waals surface area contributed by atoms with Crippen LogP contribution in [0.25, 0.3) is 10.2 Å². The summed E-state index contributed by atoms with van der Waals surface area (Å²) in [4.78, 5) is 29.7. The largest absolute Gasteiger partial charge is 0.465 e. The zero-order valence-corrected chi connectivity index (χ0v) is 17.2. The van der Waals surface area contributed by atoms with Gasteiger partial charge in [0.05, 0.1) is 16.8 Å². The highest BCUT2D eigenvalue weighted by atomic mass is 32.1. The second-order valence-corrected chi connectivity index (χ2v) is 7.75. The van der Waals surface area contributed by atoms with Gasteiger partial charge in [0, 0.05) is 17.7 Å². The summed E-state index contributed by atoms with van der Waals surface area (Å²) in [6.45, 7) is 6.01. The highest BCUT2D eigenvalue weighted by Gasteiger charge is 2.19. The van der Waals surface area contributed by atoms with E-state index in [0.717, 1.165) is 21.3 Å². The van der Waals surface area contributed by atoms with Crippen LogP contribution in [-0.2, 0) is 16.1 Å². The van der Waals surface area contributed by atoms with Gasteiger partial charge in [-0.3, -0.25) is 9.59 Å². The van der Waals surface area contributed by atoms with E-state index in [9.17, 15) is 9.59 Å². The minimum absolute atomic E-state index is 0.0492. The number of rotatable bonds is 4. The number of aryl methyl sites for hydroxylation is 2. The molecule has 2 aromatic carbocycles. The van der Waals surface area contributed by atoms with Crippen LogP contribution in [0, 0.1) is 13.8 Å². The monoisotopic (exact) mass is 412 g/mol. The van der Waals surface area contributed by atoms with E-state index in [1.54, 1.807) is 29.7 Å². The smallest absolute Gasteiger partial charge is 0.326 e. The van der Waals surface area contributed by atoms with Gasteiger partial charge in [-0.15, -0.1) is 0 Å². The maximum atomic E-state index is 12.8. The lowest BCUT2D eigenvalue weighted by molar-refractivity contribution is -0.143. The van der Waals surface area contributed by atoms with Gasteiger partial charge in [-0.05, 0) is 32.9 Å². The molecule has 7 nitrogen and oxygen atoms in total. The SMILES string of the molecule is CCOC(=O)Cn1c(=NC(=O)c2cc(C)cc(C)c2)sc2cc3c(cc21)OCO3. The number of ether oxygens (including phenoxy) is 3. The van der Waals surface area contributed by atoms with Crippen molar-refractivity contribution in [3.8, 4) is 11.5 Å². The van der Waals surface area contributed by atoms with Crippen molar-refractivity contribution < 1.29 is 23.8 Å².